The number of amidine groups is 1. The van der Waals surface area contributed by atoms with Crippen LogP contribution < -0.4 is 10.1 Å². The zero-order valence-corrected chi connectivity index (χ0v) is 16.7. The van der Waals surface area contributed by atoms with Gasteiger partial charge in [0.1, 0.15) is 5.84 Å². The molecule has 0 unspecified atom stereocenters. The van der Waals surface area contributed by atoms with E-state index in [4.69, 9.17) is 9.73 Å². The summed E-state index contributed by atoms with van der Waals surface area (Å²) >= 11 is 0. The summed E-state index contributed by atoms with van der Waals surface area (Å²) in [4.78, 5) is 7.20. The molecular formula is C24H26FN3O. The molecule has 0 bridgehead atoms. The number of nitrogens with one attached hydrogen (secondary N) is 1. The van der Waals surface area contributed by atoms with E-state index in [1.165, 1.54) is 36.6 Å². The van der Waals surface area contributed by atoms with E-state index < -0.39 is 0 Å². The lowest BCUT2D eigenvalue weighted by atomic mass is 9.87. The van der Waals surface area contributed by atoms with E-state index >= 15 is 0 Å². The number of methoxy groups -OCH3 is 1. The van der Waals surface area contributed by atoms with Crippen molar-refractivity contribution in [1.82, 2.24) is 10.2 Å². The highest BCUT2D eigenvalue weighted by Crippen LogP contribution is 2.38. The van der Waals surface area contributed by atoms with E-state index in [1.807, 2.05) is 12.1 Å². The molecule has 2 fully saturated rings. The Balaban J connectivity index is 1.50. The van der Waals surface area contributed by atoms with Crippen LogP contribution in [0.1, 0.15) is 37.7 Å². The molecule has 3 heterocycles. The fraction of sp³-hybridized carbons (Fsp3) is 0.375. The van der Waals surface area contributed by atoms with E-state index in [2.05, 4.69) is 28.6 Å². The van der Waals surface area contributed by atoms with Crippen molar-refractivity contribution in [2.75, 3.05) is 20.2 Å². The molecule has 4 aliphatic rings. The van der Waals surface area contributed by atoms with Gasteiger partial charge >= 0.3 is 0 Å². The number of ether oxygens (including phenoxy) is 1. The summed E-state index contributed by atoms with van der Waals surface area (Å²) in [6, 6.07) is 5.11. The summed E-state index contributed by atoms with van der Waals surface area (Å²) in [5, 5.41) is 3.44. The number of nitrogens with zero attached hydrogens (tertiary/aromatic N) is 2. The Morgan fingerprint density at radius 2 is 2.00 bits per heavy atom. The highest BCUT2D eigenvalue weighted by atomic mass is 19.1. The van der Waals surface area contributed by atoms with Crippen molar-refractivity contribution >= 4 is 11.4 Å². The number of hydrogen-bond acceptors (Lipinski definition) is 4. The average molecular weight is 391 g/mol. The third-order valence-corrected chi connectivity index (χ3v) is 6.28. The second-order valence-electron chi connectivity index (χ2n) is 8.04. The highest BCUT2D eigenvalue weighted by Gasteiger charge is 2.28. The van der Waals surface area contributed by atoms with Crippen LogP contribution in [0.2, 0.25) is 0 Å². The monoisotopic (exact) mass is 391 g/mol. The number of halogens is 1. The van der Waals surface area contributed by atoms with Gasteiger partial charge in [-0.15, -0.1) is 0 Å². The first kappa shape index (κ1) is 18.4. The van der Waals surface area contributed by atoms with Crippen molar-refractivity contribution in [2.24, 2.45) is 10.9 Å². The normalized spacial score (nSPS) is 21.9. The summed E-state index contributed by atoms with van der Waals surface area (Å²) in [5.74, 6) is 1.41. The summed E-state index contributed by atoms with van der Waals surface area (Å²) in [7, 11) is 1.48. The first-order chi connectivity index (χ1) is 14.2. The van der Waals surface area contributed by atoms with Gasteiger partial charge in [-0.1, -0.05) is 6.07 Å². The van der Waals surface area contributed by atoms with Gasteiger partial charge in [-0.2, -0.15) is 0 Å². The fourth-order valence-corrected chi connectivity index (χ4v) is 4.38. The number of fused-ring (bicyclic) bond motifs is 1. The molecule has 1 aromatic rings. The van der Waals surface area contributed by atoms with E-state index in [9.17, 15) is 4.39 Å². The zero-order chi connectivity index (χ0) is 19.8. The summed E-state index contributed by atoms with van der Waals surface area (Å²) in [5.41, 5.74) is 5.79. The van der Waals surface area contributed by atoms with Crippen molar-refractivity contribution < 1.29 is 9.13 Å². The number of allylic oxidation sites excluding steroid dienone is 5. The Bertz CT molecular complexity index is 974. The molecule has 1 saturated carbocycles. The van der Waals surface area contributed by atoms with Crippen LogP contribution in [0.25, 0.3) is 5.57 Å². The lowest BCUT2D eigenvalue weighted by Crippen LogP contribution is -2.33. The van der Waals surface area contributed by atoms with Gasteiger partial charge in [-0.05, 0) is 92.3 Å². The summed E-state index contributed by atoms with van der Waals surface area (Å²) < 4.78 is 19.3. The average Bonchev–Trinajstić information content (AvgIpc) is 2.72. The molecule has 1 aromatic carbocycles. The maximum Gasteiger partial charge on any atom is 0.165 e. The predicted molar refractivity (Wildman–Crippen MR) is 114 cm³/mol. The van der Waals surface area contributed by atoms with Gasteiger partial charge in [0.15, 0.2) is 11.6 Å². The fourth-order valence-electron chi connectivity index (χ4n) is 4.38. The zero-order valence-electron chi connectivity index (χ0n) is 16.7. The smallest absolute Gasteiger partial charge is 0.165 e. The first-order valence-corrected chi connectivity index (χ1v) is 10.5. The molecule has 0 aromatic heterocycles. The molecule has 5 heteroatoms. The molecule has 1 saturated heterocycles. The molecule has 3 aliphatic heterocycles. The maximum atomic E-state index is 14.2. The molecule has 4 nitrogen and oxygen atoms in total. The second-order valence-corrected chi connectivity index (χ2v) is 8.04. The molecule has 1 N–H and O–H groups in total. The van der Waals surface area contributed by atoms with E-state index in [1.54, 1.807) is 6.07 Å². The molecule has 5 rings (SSSR count). The van der Waals surface area contributed by atoms with Crippen molar-refractivity contribution in [1.29, 1.82) is 0 Å². The predicted octanol–water partition coefficient (Wildman–Crippen LogP) is 4.78. The van der Waals surface area contributed by atoms with E-state index in [0.29, 0.717) is 5.92 Å². The molecular weight excluding hydrogens is 365 g/mol. The SMILES string of the molecule is COc1ccc(C2=CN3C(=NC(C4CCNCC4)=CC3=C3CCC3)C=C2)cc1F. The Labute approximate surface area is 171 Å². The largest absolute Gasteiger partial charge is 0.494 e. The van der Waals surface area contributed by atoms with Crippen LogP contribution >= 0.6 is 0 Å². The van der Waals surface area contributed by atoms with Crippen LogP contribution in [0.4, 0.5) is 4.39 Å². The Hall–Kier alpha value is -2.66. The Kier molecular flexibility index (Phi) is 4.84. The van der Waals surface area contributed by atoms with Crippen molar-refractivity contribution in [3.63, 3.8) is 0 Å². The summed E-state index contributed by atoms with van der Waals surface area (Å²) in [6.45, 7) is 2.12. The number of rotatable bonds is 3. The lowest BCUT2D eigenvalue weighted by molar-refractivity contribution is 0.386. The van der Waals surface area contributed by atoms with Crippen LogP contribution in [0.3, 0.4) is 0 Å². The quantitative estimate of drug-likeness (QED) is 0.806. The number of piperidine rings is 1. The number of benzene rings is 1. The molecule has 1 aliphatic carbocycles. The van der Waals surface area contributed by atoms with Gasteiger partial charge in [0, 0.05) is 23.5 Å². The molecule has 0 atom stereocenters. The van der Waals surface area contributed by atoms with Crippen LogP contribution in [0, 0.1) is 11.7 Å². The number of hydrogen-bond donors (Lipinski definition) is 1. The Morgan fingerprint density at radius 1 is 1.17 bits per heavy atom. The number of aliphatic imine (C=N–C) groups is 1. The second kappa shape index (κ2) is 7.64. The highest BCUT2D eigenvalue weighted by molar-refractivity contribution is 6.02. The minimum absolute atomic E-state index is 0.265. The standard InChI is InChI=1S/C24H26FN3O/c1-29-23-7-5-18(13-20(23)25)19-6-8-24-27-21(16-9-11-26-12-10-16)14-22(28(24)15-19)17-3-2-4-17/h5-8,13-16,26H,2-4,9-12H2,1H3. The van der Waals surface area contributed by atoms with Gasteiger partial charge in [0.25, 0.3) is 0 Å². The van der Waals surface area contributed by atoms with Crippen LogP contribution in [-0.4, -0.2) is 30.9 Å². The van der Waals surface area contributed by atoms with Crippen LogP contribution in [0.15, 0.2) is 64.6 Å². The van der Waals surface area contributed by atoms with Crippen LogP contribution in [-0.2, 0) is 0 Å². The topological polar surface area (TPSA) is 36.9 Å². The van der Waals surface area contributed by atoms with Crippen molar-refractivity contribution in [2.45, 2.75) is 32.1 Å². The van der Waals surface area contributed by atoms with Crippen LogP contribution in [0.5, 0.6) is 5.75 Å². The van der Waals surface area contributed by atoms with Gasteiger partial charge in [0.2, 0.25) is 0 Å². The minimum atomic E-state index is -0.344. The van der Waals surface area contributed by atoms with Crippen molar-refractivity contribution in [3.05, 3.63) is 71.0 Å². The molecule has 29 heavy (non-hydrogen) atoms. The summed E-state index contributed by atoms with van der Waals surface area (Å²) in [6.07, 6.45) is 14.3. The van der Waals surface area contributed by atoms with Gasteiger partial charge in [-0.3, -0.25) is 0 Å². The maximum absolute atomic E-state index is 14.2. The molecule has 0 radical (unpaired) electrons. The molecule has 0 spiro atoms. The van der Waals surface area contributed by atoms with E-state index in [-0.39, 0.29) is 11.6 Å². The van der Waals surface area contributed by atoms with Gasteiger partial charge in [-0.25, -0.2) is 9.38 Å². The molecule has 0 amide bonds. The van der Waals surface area contributed by atoms with Gasteiger partial charge < -0.3 is 15.0 Å². The molecule has 150 valence electrons. The van der Waals surface area contributed by atoms with E-state index in [0.717, 1.165) is 55.7 Å². The first-order valence-electron chi connectivity index (χ1n) is 10.5. The van der Waals surface area contributed by atoms with Crippen molar-refractivity contribution in [3.8, 4) is 5.75 Å². The third-order valence-electron chi connectivity index (χ3n) is 6.28. The van der Waals surface area contributed by atoms with Gasteiger partial charge in [0.05, 0.1) is 7.11 Å². The lowest BCUT2D eigenvalue weighted by Gasteiger charge is -2.35. The Morgan fingerprint density at radius 3 is 2.69 bits per heavy atom. The third kappa shape index (κ3) is 3.44. The minimum Gasteiger partial charge on any atom is -0.494 e.